The molecule has 0 spiro atoms. The molecule has 7 nitrogen and oxygen atoms in total. The lowest BCUT2D eigenvalue weighted by molar-refractivity contribution is -0.184. The summed E-state index contributed by atoms with van der Waals surface area (Å²) in [4.78, 5) is 24.5. The van der Waals surface area contributed by atoms with Crippen LogP contribution in [0.2, 0.25) is 5.02 Å². The molecule has 27 heavy (non-hydrogen) atoms. The second kappa shape index (κ2) is 6.56. The standard InChI is InChI=1S/C19H20ClN3O4/c1-12-4-14(2-3-15(12)20)26-8-16(24)23-19-9-18(10-19,11-19)17(25)21-5-13-6-22-27-7-13/h2-4,6-7H,5,8-11H2,1H3,(H,21,25)(H,23,24). The molecule has 0 atom stereocenters. The van der Waals surface area contributed by atoms with E-state index in [0.717, 1.165) is 11.1 Å². The first-order valence-corrected chi connectivity index (χ1v) is 9.14. The third-order valence-corrected chi connectivity index (χ3v) is 5.78. The first-order valence-electron chi connectivity index (χ1n) is 8.76. The largest absolute Gasteiger partial charge is 0.484 e. The number of ether oxygens (including phenoxy) is 1. The van der Waals surface area contributed by atoms with Gasteiger partial charge in [-0.15, -0.1) is 0 Å². The van der Waals surface area contributed by atoms with Crippen LogP contribution in [0.25, 0.3) is 0 Å². The maximum Gasteiger partial charge on any atom is 0.258 e. The first-order chi connectivity index (χ1) is 12.9. The van der Waals surface area contributed by atoms with Crippen LogP contribution in [0, 0.1) is 12.3 Å². The minimum absolute atomic E-state index is 0.0210. The van der Waals surface area contributed by atoms with Crippen LogP contribution in [-0.2, 0) is 16.1 Å². The van der Waals surface area contributed by atoms with Crippen LogP contribution >= 0.6 is 11.6 Å². The second-order valence-corrected chi connectivity index (χ2v) is 7.96. The van der Waals surface area contributed by atoms with E-state index >= 15 is 0 Å². The monoisotopic (exact) mass is 389 g/mol. The molecule has 8 heteroatoms. The second-order valence-electron chi connectivity index (χ2n) is 7.55. The van der Waals surface area contributed by atoms with Crippen LogP contribution in [0.5, 0.6) is 5.75 Å². The quantitative estimate of drug-likeness (QED) is 0.758. The van der Waals surface area contributed by atoms with Crippen molar-refractivity contribution in [2.45, 2.75) is 38.3 Å². The SMILES string of the molecule is Cc1cc(OCC(=O)NC23CC(C(=O)NCc4cnoc4)(C2)C3)ccc1Cl. The predicted octanol–water partition coefficient (Wildman–Crippen LogP) is 2.37. The van der Waals surface area contributed by atoms with Crippen molar-refractivity contribution in [2.75, 3.05) is 6.61 Å². The van der Waals surface area contributed by atoms with Gasteiger partial charge in [0.25, 0.3) is 5.91 Å². The number of carbonyl (C=O) groups is 2. The van der Waals surface area contributed by atoms with Gasteiger partial charge in [0, 0.05) is 22.7 Å². The molecule has 3 aliphatic carbocycles. The Labute approximate surface area is 161 Å². The highest BCUT2D eigenvalue weighted by atomic mass is 35.5. The molecule has 5 rings (SSSR count). The van der Waals surface area contributed by atoms with E-state index < -0.39 is 0 Å². The molecule has 142 valence electrons. The summed E-state index contributed by atoms with van der Waals surface area (Å²) in [5, 5.41) is 10.2. The normalized spacial score (nSPS) is 25.1. The van der Waals surface area contributed by atoms with Gasteiger partial charge in [-0.3, -0.25) is 9.59 Å². The van der Waals surface area contributed by atoms with Gasteiger partial charge < -0.3 is 19.9 Å². The third kappa shape index (κ3) is 3.39. The Kier molecular flexibility index (Phi) is 4.34. The van der Waals surface area contributed by atoms with Gasteiger partial charge >= 0.3 is 0 Å². The lowest BCUT2D eigenvalue weighted by atomic mass is 9.39. The van der Waals surface area contributed by atoms with Crippen LogP contribution in [0.3, 0.4) is 0 Å². The van der Waals surface area contributed by atoms with Gasteiger partial charge in [-0.2, -0.15) is 0 Å². The number of aromatic nitrogens is 1. The molecule has 0 unspecified atom stereocenters. The number of hydrogen-bond acceptors (Lipinski definition) is 5. The van der Waals surface area contributed by atoms with Crippen LogP contribution in [0.15, 0.2) is 35.2 Å². The van der Waals surface area contributed by atoms with Crippen molar-refractivity contribution in [3.63, 3.8) is 0 Å². The van der Waals surface area contributed by atoms with Gasteiger partial charge in [-0.05, 0) is 49.9 Å². The summed E-state index contributed by atoms with van der Waals surface area (Å²) in [7, 11) is 0. The van der Waals surface area contributed by atoms with Gasteiger partial charge in [-0.1, -0.05) is 16.8 Å². The highest BCUT2D eigenvalue weighted by Crippen LogP contribution is 2.67. The van der Waals surface area contributed by atoms with Crippen molar-refractivity contribution < 1.29 is 18.8 Å². The van der Waals surface area contributed by atoms with E-state index in [4.69, 9.17) is 20.9 Å². The zero-order chi connectivity index (χ0) is 19.1. The molecule has 3 saturated carbocycles. The van der Waals surface area contributed by atoms with Crippen LogP contribution in [0.4, 0.5) is 0 Å². The number of rotatable bonds is 7. The Bertz CT molecular complexity index is 861. The summed E-state index contributed by atoms with van der Waals surface area (Å²) in [6, 6.07) is 5.28. The molecule has 0 radical (unpaired) electrons. The van der Waals surface area contributed by atoms with Crippen molar-refractivity contribution in [2.24, 2.45) is 5.41 Å². The molecular formula is C19H20ClN3O4. The van der Waals surface area contributed by atoms with Crippen LogP contribution in [0.1, 0.15) is 30.4 Å². The van der Waals surface area contributed by atoms with E-state index in [1.54, 1.807) is 24.4 Å². The van der Waals surface area contributed by atoms with Crippen molar-refractivity contribution in [1.29, 1.82) is 0 Å². The Hall–Kier alpha value is -2.54. The van der Waals surface area contributed by atoms with Crippen molar-refractivity contribution in [3.05, 3.63) is 46.8 Å². The molecule has 3 fully saturated rings. The molecular weight excluding hydrogens is 370 g/mol. The van der Waals surface area contributed by atoms with Gasteiger partial charge in [0.05, 0.1) is 11.6 Å². The molecule has 2 aromatic rings. The summed E-state index contributed by atoms with van der Waals surface area (Å²) in [5.74, 6) is 0.447. The van der Waals surface area contributed by atoms with E-state index in [2.05, 4.69) is 15.8 Å². The van der Waals surface area contributed by atoms with E-state index in [1.807, 2.05) is 6.92 Å². The number of nitrogens with zero attached hydrogens (tertiary/aromatic N) is 1. The Balaban J connectivity index is 1.21. The fourth-order valence-corrected chi connectivity index (χ4v) is 4.15. The molecule has 0 aliphatic heterocycles. The topological polar surface area (TPSA) is 93.5 Å². The molecule has 1 aromatic carbocycles. The van der Waals surface area contributed by atoms with Crippen molar-refractivity contribution in [1.82, 2.24) is 15.8 Å². The minimum Gasteiger partial charge on any atom is -0.484 e. The van der Waals surface area contributed by atoms with Gasteiger partial charge in [0.2, 0.25) is 5.91 Å². The smallest absolute Gasteiger partial charge is 0.258 e. The van der Waals surface area contributed by atoms with Crippen molar-refractivity contribution >= 4 is 23.4 Å². The Morgan fingerprint density at radius 3 is 2.78 bits per heavy atom. The summed E-state index contributed by atoms with van der Waals surface area (Å²) in [5.41, 5.74) is 1.12. The van der Waals surface area contributed by atoms with Crippen LogP contribution < -0.4 is 15.4 Å². The maximum absolute atomic E-state index is 12.4. The molecule has 1 heterocycles. The van der Waals surface area contributed by atoms with Gasteiger partial charge in [0.15, 0.2) is 6.61 Å². The number of benzene rings is 1. The Morgan fingerprint density at radius 1 is 1.33 bits per heavy atom. The zero-order valence-electron chi connectivity index (χ0n) is 14.9. The molecule has 2 N–H and O–H groups in total. The molecule has 2 bridgehead atoms. The zero-order valence-corrected chi connectivity index (χ0v) is 15.6. The molecule has 2 amide bonds. The number of aryl methyl sites for hydroxylation is 1. The summed E-state index contributed by atoms with van der Waals surface area (Å²) >= 11 is 5.98. The average molecular weight is 390 g/mol. The van der Waals surface area contributed by atoms with Crippen LogP contribution in [-0.4, -0.2) is 29.1 Å². The number of nitrogens with one attached hydrogen (secondary N) is 2. The van der Waals surface area contributed by atoms with E-state index in [0.29, 0.717) is 36.6 Å². The van der Waals surface area contributed by atoms with E-state index in [9.17, 15) is 9.59 Å². The van der Waals surface area contributed by atoms with E-state index in [1.165, 1.54) is 6.26 Å². The van der Waals surface area contributed by atoms with Gasteiger partial charge in [-0.25, -0.2) is 0 Å². The average Bonchev–Trinajstić information content (AvgIpc) is 3.09. The van der Waals surface area contributed by atoms with Crippen molar-refractivity contribution in [3.8, 4) is 5.75 Å². The Morgan fingerprint density at radius 2 is 2.11 bits per heavy atom. The number of amides is 2. The fourth-order valence-electron chi connectivity index (χ4n) is 4.03. The summed E-state index contributed by atoms with van der Waals surface area (Å²) in [6.07, 6.45) is 5.09. The summed E-state index contributed by atoms with van der Waals surface area (Å²) in [6.45, 7) is 2.22. The first kappa shape index (κ1) is 17.9. The lowest BCUT2D eigenvalue weighted by Crippen LogP contribution is -2.78. The van der Waals surface area contributed by atoms with E-state index in [-0.39, 0.29) is 29.4 Å². The highest BCUT2D eigenvalue weighted by Gasteiger charge is 2.72. The highest BCUT2D eigenvalue weighted by molar-refractivity contribution is 6.31. The molecule has 1 aromatic heterocycles. The number of hydrogen-bond donors (Lipinski definition) is 2. The molecule has 0 saturated heterocycles. The number of carbonyl (C=O) groups excluding carboxylic acids is 2. The fraction of sp³-hybridized carbons (Fsp3) is 0.421. The third-order valence-electron chi connectivity index (χ3n) is 5.35. The van der Waals surface area contributed by atoms with Gasteiger partial charge in [0.1, 0.15) is 12.0 Å². The summed E-state index contributed by atoms with van der Waals surface area (Å²) < 4.78 is 10.3. The predicted molar refractivity (Wildman–Crippen MR) is 97.2 cm³/mol. The maximum atomic E-state index is 12.4. The molecule has 3 aliphatic rings. The minimum atomic E-state index is -0.349. The number of halogens is 1. The lowest BCUT2D eigenvalue weighted by Gasteiger charge is -2.69.